The van der Waals surface area contributed by atoms with Gasteiger partial charge < -0.3 is 47.6 Å². The summed E-state index contributed by atoms with van der Waals surface area (Å²) < 4.78 is 0. The van der Waals surface area contributed by atoms with E-state index in [-0.39, 0.29) is 56.7 Å². The summed E-state index contributed by atoms with van der Waals surface area (Å²) in [5.74, 6) is -6.22. The van der Waals surface area contributed by atoms with Gasteiger partial charge in [0.05, 0.1) is 6.04 Å². The van der Waals surface area contributed by atoms with E-state index in [9.17, 15) is 43.5 Å². The topological polar surface area (TPSA) is 273 Å². The number of hydrogen-bond donors (Lipinski definition) is 7. The number of aromatic hydroxyl groups is 1. The van der Waals surface area contributed by atoms with E-state index < -0.39 is 89.5 Å². The normalized spacial score (nSPS) is 17.7. The zero-order chi connectivity index (χ0) is 44.8. The average molecular weight is 849 g/mol. The molecule has 2 saturated heterocycles. The Morgan fingerprint density at radius 3 is 2.00 bits per heavy atom. The quantitative estimate of drug-likeness (QED) is 0.0846. The fraction of sp³-hybridized carbons (Fsp3) is 0.535. The second-order valence-electron chi connectivity index (χ2n) is 16.3. The van der Waals surface area contributed by atoms with Crippen LogP contribution < -0.4 is 32.7 Å². The SMILES string of the molecule is CC(C)C[C@H](NC(=O)[C@H](CCCN)NC(=O)[C@@H](NC(=O)[C@H](Cc1ccc(O)cc1)NC(=O)[C@@H]1CCCN1C(=O)[C@@H](N)Cc1ccccc1)C(C)C)C(=O)ON1C(=O)CCC1=O. The van der Waals surface area contributed by atoms with E-state index in [1.54, 1.807) is 39.8 Å². The molecule has 2 aromatic rings. The summed E-state index contributed by atoms with van der Waals surface area (Å²) in [5, 5.41) is 21.1. The molecule has 18 heteroatoms. The highest BCUT2D eigenvalue weighted by Crippen LogP contribution is 2.21. The Bertz CT molecular complexity index is 1860. The van der Waals surface area contributed by atoms with Gasteiger partial charge in [-0.15, -0.1) is 5.06 Å². The van der Waals surface area contributed by atoms with Crippen LogP contribution in [0, 0.1) is 11.8 Å². The number of nitrogens with zero attached hydrogens (tertiary/aromatic N) is 2. The third-order valence-electron chi connectivity index (χ3n) is 10.5. The molecule has 332 valence electrons. The van der Waals surface area contributed by atoms with Gasteiger partial charge in [0.15, 0.2) is 0 Å². The van der Waals surface area contributed by atoms with Crippen LogP contribution in [-0.2, 0) is 56.0 Å². The van der Waals surface area contributed by atoms with Gasteiger partial charge in [-0.3, -0.25) is 33.6 Å². The molecule has 2 aliphatic rings. The van der Waals surface area contributed by atoms with Crippen LogP contribution in [0.15, 0.2) is 54.6 Å². The maximum absolute atomic E-state index is 14.2. The minimum Gasteiger partial charge on any atom is -0.508 e. The third-order valence-corrected chi connectivity index (χ3v) is 10.5. The van der Waals surface area contributed by atoms with Crippen LogP contribution in [0.4, 0.5) is 0 Å². The third kappa shape index (κ3) is 13.8. The van der Waals surface area contributed by atoms with Crippen LogP contribution in [0.2, 0.25) is 0 Å². The van der Waals surface area contributed by atoms with Crippen molar-refractivity contribution in [3.05, 3.63) is 65.7 Å². The van der Waals surface area contributed by atoms with Crippen molar-refractivity contribution >= 4 is 47.3 Å². The van der Waals surface area contributed by atoms with Crippen LogP contribution in [0.1, 0.15) is 83.8 Å². The van der Waals surface area contributed by atoms with E-state index in [1.807, 2.05) is 30.3 Å². The first-order valence-electron chi connectivity index (χ1n) is 20.9. The van der Waals surface area contributed by atoms with E-state index in [2.05, 4.69) is 21.3 Å². The van der Waals surface area contributed by atoms with Crippen molar-refractivity contribution in [2.75, 3.05) is 13.1 Å². The molecular weight excluding hydrogens is 789 g/mol. The van der Waals surface area contributed by atoms with Gasteiger partial charge in [-0.05, 0) is 80.2 Å². The van der Waals surface area contributed by atoms with Gasteiger partial charge >= 0.3 is 5.97 Å². The number of phenols is 1. The van der Waals surface area contributed by atoms with Crippen molar-refractivity contribution in [3.63, 3.8) is 0 Å². The fourth-order valence-corrected chi connectivity index (χ4v) is 7.23. The molecule has 0 aliphatic carbocycles. The molecule has 0 spiro atoms. The van der Waals surface area contributed by atoms with Crippen LogP contribution in [0.3, 0.4) is 0 Å². The summed E-state index contributed by atoms with van der Waals surface area (Å²) in [6, 6.07) is 8.58. The smallest absolute Gasteiger partial charge is 0.355 e. The van der Waals surface area contributed by atoms with Gasteiger partial charge in [0.2, 0.25) is 29.5 Å². The highest BCUT2D eigenvalue weighted by atomic mass is 16.7. The lowest BCUT2D eigenvalue weighted by atomic mass is 9.99. The Kier molecular flexibility index (Phi) is 17.7. The van der Waals surface area contributed by atoms with E-state index in [4.69, 9.17) is 16.3 Å². The van der Waals surface area contributed by atoms with Gasteiger partial charge in [0.25, 0.3) is 11.8 Å². The summed E-state index contributed by atoms with van der Waals surface area (Å²) in [7, 11) is 0. The molecule has 2 fully saturated rings. The highest BCUT2D eigenvalue weighted by molar-refractivity contribution is 6.02. The molecule has 2 heterocycles. The fourth-order valence-electron chi connectivity index (χ4n) is 7.23. The molecule has 7 amide bonds. The Balaban J connectivity index is 1.50. The van der Waals surface area contributed by atoms with Crippen LogP contribution in [0.25, 0.3) is 0 Å². The number of imide groups is 1. The predicted octanol–water partition coefficient (Wildman–Crippen LogP) is 0.483. The number of likely N-dealkylation sites (tertiary alicyclic amines) is 1. The number of hydrogen-bond acceptors (Lipinski definition) is 12. The Morgan fingerprint density at radius 1 is 0.787 bits per heavy atom. The number of phenolic OH excluding ortho intramolecular Hbond substituents is 1. The monoisotopic (exact) mass is 848 g/mol. The number of benzene rings is 2. The largest absolute Gasteiger partial charge is 0.508 e. The van der Waals surface area contributed by atoms with Crippen molar-refractivity contribution in [2.45, 2.75) is 122 Å². The summed E-state index contributed by atoms with van der Waals surface area (Å²) >= 11 is 0. The lowest BCUT2D eigenvalue weighted by Crippen LogP contribution is -2.60. The number of hydroxylamine groups is 2. The Labute approximate surface area is 355 Å². The lowest BCUT2D eigenvalue weighted by molar-refractivity contribution is -0.199. The van der Waals surface area contributed by atoms with Crippen LogP contribution in [-0.4, -0.2) is 112 Å². The number of carbonyl (C=O) groups excluding carboxylic acids is 8. The molecule has 4 rings (SSSR count). The van der Waals surface area contributed by atoms with Crippen molar-refractivity contribution in [1.29, 1.82) is 0 Å². The van der Waals surface area contributed by atoms with Gasteiger partial charge in [-0.25, -0.2) is 4.79 Å². The van der Waals surface area contributed by atoms with Gasteiger partial charge in [-0.2, -0.15) is 0 Å². The first-order chi connectivity index (χ1) is 29.0. The number of carbonyl (C=O) groups is 8. The average Bonchev–Trinajstić information content (AvgIpc) is 3.84. The first-order valence-corrected chi connectivity index (χ1v) is 20.9. The van der Waals surface area contributed by atoms with Crippen LogP contribution >= 0.6 is 0 Å². The predicted molar refractivity (Wildman–Crippen MR) is 222 cm³/mol. The molecule has 2 aliphatic heterocycles. The van der Waals surface area contributed by atoms with E-state index in [0.717, 1.165) is 5.56 Å². The number of amides is 7. The van der Waals surface area contributed by atoms with E-state index in [0.29, 0.717) is 36.4 Å². The van der Waals surface area contributed by atoms with Gasteiger partial charge in [0, 0.05) is 25.8 Å². The van der Waals surface area contributed by atoms with E-state index >= 15 is 0 Å². The van der Waals surface area contributed by atoms with Crippen molar-refractivity contribution < 1.29 is 48.3 Å². The second-order valence-corrected chi connectivity index (χ2v) is 16.3. The molecule has 0 saturated carbocycles. The molecule has 18 nitrogen and oxygen atoms in total. The summed E-state index contributed by atoms with van der Waals surface area (Å²) in [6.07, 6.45) is 1.35. The molecule has 61 heavy (non-hydrogen) atoms. The molecule has 6 atom stereocenters. The zero-order valence-corrected chi connectivity index (χ0v) is 35.3. The Hall–Kier alpha value is -5.88. The molecule has 9 N–H and O–H groups in total. The lowest BCUT2D eigenvalue weighted by Gasteiger charge is -2.30. The van der Waals surface area contributed by atoms with Crippen molar-refractivity contribution in [2.24, 2.45) is 23.3 Å². The number of nitrogens with one attached hydrogen (secondary N) is 4. The second kappa shape index (κ2) is 22.6. The van der Waals surface area contributed by atoms with Gasteiger partial charge in [0.1, 0.15) is 36.0 Å². The minimum atomic E-state index is -1.28. The summed E-state index contributed by atoms with van der Waals surface area (Å²) in [6.45, 7) is 7.44. The number of nitrogens with two attached hydrogens (primary N) is 2. The molecule has 0 unspecified atom stereocenters. The maximum Gasteiger partial charge on any atom is 0.355 e. The maximum atomic E-state index is 14.2. The summed E-state index contributed by atoms with van der Waals surface area (Å²) in [4.78, 5) is 113. The molecule has 0 aromatic heterocycles. The van der Waals surface area contributed by atoms with Gasteiger partial charge in [-0.1, -0.05) is 70.2 Å². The molecule has 2 aromatic carbocycles. The Morgan fingerprint density at radius 2 is 1.39 bits per heavy atom. The van der Waals surface area contributed by atoms with Crippen LogP contribution in [0.5, 0.6) is 5.75 Å². The first kappa shape index (κ1) is 47.8. The standard InChI is InChI=1S/C43H60N8O10/c1-25(2)22-33(43(60)61-51-35(53)18-19-36(51)54)48-38(55)31(12-8-20-44)46-41(58)37(26(3)4)49-39(56)32(24-28-14-16-29(52)17-15-28)47-40(57)34-13-9-21-50(34)42(59)30(45)23-27-10-6-5-7-11-27/h5-7,10-11,14-17,25-26,30-34,37,52H,8-9,12-13,18-24,44-45H2,1-4H3,(H,46,58)(H,47,57)(H,48,55)(H,49,56)/t30-,31-,32-,33-,34-,37-/m0/s1. The molecular formula is C43H60N8O10. The molecule has 0 bridgehead atoms. The highest BCUT2D eigenvalue weighted by Gasteiger charge is 2.40. The van der Waals surface area contributed by atoms with E-state index in [1.165, 1.54) is 17.0 Å². The zero-order valence-electron chi connectivity index (χ0n) is 35.3. The number of rotatable bonds is 21. The minimum absolute atomic E-state index is 0.00489. The molecule has 0 radical (unpaired) electrons. The van der Waals surface area contributed by atoms with Crippen molar-refractivity contribution in [3.8, 4) is 5.75 Å². The summed E-state index contributed by atoms with van der Waals surface area (Å²) in [5.41, 5.74) is 13.5. The van der Waals surface area contributed by atoms with Crippen molar-refractivity contribution in [1.82, 2.24) is 31.2 Å².